The van der Waals surface area contributed by atoms with Crippen molar-refractivity contribution in [2.24, 2.45) is 0 Å². The molecule has 0 spiro atoms. The number of amides is 1. The third-order valence-electron chi connectivity index (χ3n) is 2.68. The van der Waals surface area contributed by atoms with Crippen molar-refractivity contribution in [3.8, 4) is 5.75 Å². The van der Waals surface area contributed by atoms with E-state index in [9.17, 15) is 9.18 Å². The van der Waals surface area contributed by atoms with Crippen molar-refractivity contribution < 1.29 is 13.9 Å². The van der Waals surface area contributed by atoms with Gasteiger partial charge in [-0.2, -0.15) is 0 Å². The van der Waals surface area contributed by atoms with Gasteiger partial charge in [-0.25, -0.2) is 9.37 Å². The molecule has 112 valence electrons. The van der Waals surface area contributed by atoms with Gasteiger partial charge in [0.05, 0.1) is 21.7 Å². The molecule has 2 aromatic rings. The van der Waals surface area contributed by atoms with Gasteiger partial charge < -0.3 is 10.1 Å². The summed E-state index contributed by atoms with van der Waals surface area (Å²) in [4.78, 5) is 16.2. The van der Waals surface area contributed by atoms with Crippen LogP contribution in [0.3, 0.4) is 0 Å². The van der Waals surface area contributed by atoms with Gasteiger partial charge in [0.15, 0.2) is 6.10 Å². The van der Waals surface area contributed by atoms with Crippen LogP contribution in [0.5, 0.6) is 5.75 Å². The number of nitrogens with zero attached hydrogens (tertiary/aromatic N) is 1. The van der Waals surface area contributed by atoms with E-state index in [-0.39, 0.29) is 11.7 Å². The molecule has 1 atom stereocenters. The minimum absolute atomic E-state index is 0.253. The van der Waals surface area contributed by atoms with Crippen LogP contribution in [0.1, 0.15) is 17.6 Å². The van der Waals surface area contributed by atoms with E-state index >= 15 is 0 Å². The molecule has 21 heavy (non-hydrogen) atoms. The maximum atomic E-state index is 13.0. The summed E-state index contributed by atoms with van der Waals surface area (Å²) in [5.74, 6) is -0.203. The quantitative estimate of drug-likeness (QED) is 0.874. The molecular weight excluding hydrogens is 359 g/mol. The first-order valence-corrected chi connectivity index (χ1v) is 7.93. The average Bonchev–Trinajstić information content (AvgIpc) is 2.85. The molecule has 0 radical (unpaired) electrons. The van der Waals surface area contributed by atoms with Gasteiger partial charge >= 0.3 is 0 Å². The van der Waals surface area contributed by atoms with Gasteiger partial charge in [-0.1, -0.05) is 0 Å². The Labute approximate surface area is 134 Å². The number of hydrogen-bond donors (Lipinski definition) is 1. The highest BCUT2D eigenvalue weighted by molar-refractivity contribution is 9.10. The molecule has 0 saturated carbocycles. The van der Waals surface area contributed by atoms with Crippen LogP contribution in [-0.4, -0.2) is 17.0 Å². The van der Waals surface area contributed by atoms with Crippen LogP contribution in [0, 0.1) is 12.7 Å². The summed E-state index contributed by atoms with van der Waals surface area (Å²) in [5.41, 5.74) is 0.820. The molecule has 0 bridgehead atoms. The largest absolute Gasteiger partial charge is 0.480 e. The fourth-order valence-corrected chi connectivity index (χ4v) is 2.68. The highest BCUT2D eigenvalue weighted by Gasteiger charge is 2.16. The van der Waals surface area contributed by atoms with Crippen LogP contribution < -0.4 is 10.1 Å². The van der Waals surface area contributed by atoms with Crippen LogP contribution in [-0.2, 0) is 11.3 Å². The van der Waals surface area contributed by atoms with E-state index in [1.807, 2.05) is 12.3 Å². The summed E-state index contributed by atoms with van der Waals surface area (Å²) in [6.45, 7) is 3.91. The molecule has 0 fully saturated rings. The van der Waals surface area contributed by atoms with Crippen molar-refractivity contribution in [3.63, 3.8) is 0 Å². The summed E-state index contributed by atoms with van der Waals surface area (Å²) >= 11 is 4.73. The minimum Gasteiger partial charge on any atom is -0.480 e. The Hall–Kier alpha value is -1.47. The molecule has 1 aromatic heterocycles. The lowest BCUT2D eigenvalue weighted by atomic mass is 10.3. The van der Waals surface area contributed by atoms with Gasteiger partial charge in [-0.3, -0.25) is 4.79 Å². The lowest BCUT2D eigenvalue weighted by Gasteiger charge is -2.15. The second-order valence-corrected chi connectivity index (χ2v) is 6.33. The van der Waals surface area contributed by atoms with Gasteiger partial charge in [0.1, 0.15) is 11.6 Å². The minimum atomic E-state index is -0.688. The Morgan fingerprint density at radius 3 is 2.95 bits per heavy atom. The zero-order chi connectivity index (χ0) is 15.4. The number of aryl methyl sites for hydroxylation is 1. The summed E-state index contributed by atoms with van der Waals surface area (Å²) < 4.78 is 19.0. The maximum absolute atomic E-state index is 13.0. The van der Waals surface area contributed by atoms with Gasteiger partial charge in [0.25, 0.3) is 5.91 Å². The topological polar surface area (TPSA) is 51.2 Å². The zero-order valence-electron chi connectivity index (χ0n) is 11.5. The SMILES string of the molecule is Cc1nc(CNC(=O)C(C)Oc2ccc(F)cc2Br)cs1. The fourth-order valence-electron chi connectivity index (χ4n) is 1.63. The highest BCUT2D eigenvalue weighted by Crippen LogP contribution is 2.26. The normalized spacial score (nSPS) is 12.0. The molecule has 0 aliphatic carbocycles. The Morgan fingerprint density at radius 2 is 2.33 bits per heavy atom. The van der Waals surface area contributed by atoms with Crippen molar-refractivity contribution in [2.75, 3.05) is 0 Å². The number of aromatic nitrogens is 1. The van der Waals surface area contributed by atoms with Gasteiger partial charge in [0, 0.05) is 5.38 Å². The van der Waals surface area contributed by atoms with Crippen molar-refractivity contribution in [3.05, 3.63) is 44.6 Å². The van der Waals surface area contributed by atoms with Crippen LogP contribution in [0.4, 0.5) is 4.39 Å². The molecule has 0 aliphatic heterocycles. The molecule has 1 N–H and O–H groups in total. The van der Waals surface area contributed by atoms with E-state index in [1.54, 1.807) is 6.92 Å². The number of halogens is 2. The number of rotatable bonds is 5. The van der Waals surface area contributed by atoms with E-state index in [4.69, 9.17) is 4.74 Å². The number of thiazole rings is 1. The van der Waals surface area contributed by atoms with Crippen molar-refractivity contribution in [1.29, 1.82) is 0 Å². The molecule has 4 nitrogen and oxygen atoms in total. The second kappa shape index (κ2) is 7.00. The summed E-state index contributed by atoms with van der Waals surface area (Å²) in [6.07, 6.45) is -0.688. The highest BCUT2D eigenvalue weighted by atomic mass is 79.9. The van der Waals surface area contributed by atoms with Crippen molar-refractivity contribution in [2.45, 2.75) is 26.5 Å². The number of nitrogens with one attached hydrogen (secondary N) is 1. The predicted molar refractivity (Wildman–Crippen MR) is 82.9 cm³/mol. The van der Waals surface area contributed by atoms with Gasteiger partial charge in [0.2, 0.25) is 0 Å². The summed E-state index contributed by atoms with van der Waals surface area (Å²) in [6, 6.07) is 4.05. The standard InChI is InChI=1S/C14H14BrFN2O2S/c1-8(20-13-4-3-10(16)5-12(13)15)14(19)17-6-11-7-21-9(2)18-11/h3-5,7-8H,6H2,1-2H3,(H,17,19). The Kier molecular flexibility index (Phi) is 5.30. The van der Waals surface area contributed by atoms with Gasteiger partial charge in [-0.05, 0) is 48.0 Å². The molecule has 0 aliphatic rings. The number of hydrogen-bond acceptors (Lipinski definition) is 4. The Balaban J connectivity index is 1.90. The van der Waals surface area contributed by atoms with Crippen molar-refractivity contribution in [1.82, 2.24) is 10.3 Å². The first kappa shape index (κ1) is 15.9. The third kappa shape index (κ3) is 4.50. The van der Waals surface area contributed by atoms with Crippen LogP contribution in [0.25, 0.3) is 0 Å². The average molecular weight is 373 g/mol. The Bertz CT molecular complexity index is 648. The molecule has 0 saturated heterocycles. The summed E-state index contributed by atoms with van der Waals surface area (Å²) in [7, 11) is 0. The van der Waals surface area contributed by atoms with E-state index in [0.717, 1.165) is 10.7 Å². The molecule has 7 heteroatoms. The summed E-state index contributed by atoms with van der Waals surface area (Å²) in [5, 5.41) is 5.61. The Morgan fingerprint density at radius 1 is 1.57 bits per heavy atom. The van der Waals surface area contributed by atoms with E-state index in [0.29, 0.717) is 16.8 Å². The van der Waals surface area contributed by atoms with Crippen molar-refractivity contribution >= 4 is 33.2 Å². The monoisotopic (exact) mass is 372 g/mol. The van der Waals surface area contributed by atoms with Crippen LogP contribution in [0.2, 0.25) is 0 Å². The van der Waals surface area contributed by atoms with Gasteiger partial charge in [-0.15, -0.1) is 11.3 Å². The second-order valence-electron chi connectivity index (χ2n) is 4.41. The van der Waals surface area contributed by atoms with E-state index in [1.165, 1.54) is 29.5 Å². The maximum Gasteiger partial charge on any atom is 0.261 e. The molecule has 1 unspecified atom stereocenters. The number of benzene rings is 1. The number of ether oxygens (including phenoxy) is 1. The molecule has 1 heterocycles. The molecule has 2 rings (SSSR count). The van der Waals surface area contributed by atoms with E-state index in [2.05, 4.69) is 26.2 Å². The zero-order valence-corrected chi connectivity index (χ0v) is 13.9. The lowest BCUT2D eigenvalue weighted by molar-refractivity contribution is -0.127. The van der Waals surface area contributed by atoms with Crippen LogP contribution in [0.15, 0.2) is 28.1 Å². The first-order chi connectivity index (χ1) is 9.95. The first-order valence-electron chi connectivity index (χ1n) is 6.26. The third-order valence-corrected chi connectivity index (χ3v) is 4.12. The lowest BCUT2D eigenvalue weighted by Crippen LogP contribution is -2.36. The van der Waals surface area contributed by atoms with Crippen LogP contribution >= 0.6 is 27.3 Å². The molecular formula is C14H14BrFN2O2S. The predicted octanol–water partition coefficient (Wildman–Crippen LogP) is 3.44. The number of carbonyl (C=O) groups is 1. The van der Waals surface area contributed by atoms with E-state index < -0.39 is 6.10 Å². The molecule has 1 aromatic carbocycles. The smallest absolute Gasteiger partial charge is 0.261 e. The number of carbonyl (C=O) groups excluding carboxylic acids is 1. The fraction of sp³-hybridized carbons (Fsp3) is 0.286. The molecule has 1 amide bonds.